The smallest absolute Gasteiger partial charge is 0.269 e. The summed E-state index contributed by atoms with van der Waals surface area (Å²) in [6.07, 6.45) is 0. The number of hydrogen-bond donors (Lipinski definition) is 3. The van der Waals surface area contributed by atoms with Gasteiger partial charge in [0.05, 0.1) is 5.69 Å². The van der Waals surface area contributed by atoms with Crippen LogP contribution in [0, 0.1) is 12.8 Å². The summed E-state index contributed by atoms with van der Waals surface area (Å²) >= 11 is 0. The van der Waals surface area contributed by atoms with Crippen LogP contribution in [0.4, 0.5) is 0 Å². The highest BCUT2D eigenvalue weighted by molar-refractivity contribution is 5.93. The second-order valence-electron chi connectivity index (χ2n) is 5.03. The van der Waals surface area contributed by atoms with Crippen molar-refractivity contribution >= 4 is 5.91 Å². The molecule has 0 bridgehead atoms. The molecule has 0 aliphatic heterocycles. The fraction of sp³-hybridized carbons (Fsp3) is 0.333. The molecule has 1 atom stereocenters. The largest absolute Gasteiger partial charge is 0.396 e. The number of aliphatic hydroxyl groups excluding tert-OH is 1. The molecule has 1 amide bonds. The van der Waals surface area contributed by atoms with Crippen molar-refractivity contribution in [3.63, 3.8) is 0 Å². The summed E-state index contributed by atoms with van der Waals surface area (Å²) in [6, 6.07) is 9.69. The van der Waals surface area contributed by atoms with Crippen LogP contribution in [0.3, 0.4) is 0 Å². The van der Waals surface area contributed by atoms with Crippen molar-refractivity contribution in [1.82, 2.24) is 15.5 Å². The Morgan fingerprint density at radius 1 is 1.40 bits per heavy atom. The summed E-state index contributed by atoms with van der Waals surface area (Å²) < 4.78 is 0. The third kappa shape index (κ3) is 3.45. The lowest BCUT2D eigenvalue weighted by Gasteiger charge is -2.08. The van der Waals surface area contributed by atoms with E-state index < -0.39 is 0 Å². The lowest BCUT2D eigenvalue weighted by molar-refractivity contribution is 0.0937. The van der Waals surface area contributed by atoms with Crippen LogP contribution in [0.2, 0.25) is 0 Å². The second kappa shape index (κ2) is 6.34. The molecule has 20 heavy (non-hydrogen) atoms. The molecule has 5 nitrogen and oxygen atoms in total. The molecule has 1 aromatic heterocycles. The van der Waals surface area contributed by atoms with Crippen LogP contribution >= 0.6 is 0 Å². The van der Waals surface area contributed by atoms with Crippen molar-refractivity contribution in [2.24, 2.45) is 5.92 Å². The van der Waals surface area contributed by atoms with Crippen LogP contribution < -0.4 is 5.32 Å². The number of rotatable bonds is 5. The molecule has 0 saturated carbocycles. The van der Waals surface area contributed by atoms with Crippen molar-refractivity contribution in [2.45, 2.75) is 13.8 Å². The first-order chi connectivity index (χ1) is 9.60. The van der Waals surface area contributed by atoms with Gasteiger partial charge in [-0.15, -0.1) is 0 Å². The van der Waals surface area contributed by atoms with Crippen molar-refractivity contribution in [2.75, 3.05) is 13.2 Å². The van der Waals surface area contributed by atoms with Gasteiger partial charge >= 0.3 is 0 Å². The van der Waals surface area contributed by atoms with E-state index in [2.05, 4.69) is 15.5 Å². The summed E-state index contributed by atoms with van der Waals surface area (Å²) in [6.45, 7) is 4.38. The fourth-order valence-corrected chi connectivity index (χ4v) is 1.74. The minimum absolute atomic E-state index is 0.0402. The minimum atomic E-state index is -0.212. The van der Waals surface area contributed by atoms with Gasteiger partial charge in [-0.1, -0.05) is 36.8 Å². The van der Waals surface area contributed by atoms with Gasteiger partial charge in [0, 0.05) is 18.7 Å². The lowest BCUT2D eigenvalue weighted by atomic mass is 10.1. The third-order valence-electron chi connectivity index (χ3n) is 3.09. The molecule has 0 aliphatic rings. The van der Waals surface area contributed by atoms with Gasteiger partial charge < -0.3 is 10.4 Å². The zero-order valence-corrected chi connectivity index (χ0v) is 11.7. The number of amides is 1. The average molecular weight is 273 g/mol. The zero-order valence-electron chi connectivity index (χ0n) is 11.7. The molecular formula is C15H19N3O2. The van der Waals surface area contributed by atoms with Crippen LogP contribution in [-0.4, -0.2) is 34.4 Å². The van der Waals surface area contributed by atoms with E-state index in [9.17, 15) is 4.79 Å². The number of aromatic amines is 1. The van der Waals surface area contributed by atoms with E-state index in [4.69, 9.17) is 5.11 Å². The number of carbonyl (C=O) groups is 1. The Hall–Kier alpha value is -2.14. The molecule has 0 spiro atoms. The summed E-state index contributed by atoms with van der Waals surface area (Å²) in [5, 5.41) is 18.6. The summed E-state index contributed by atoms with van der Waals surface area (Å²) in [5.41, 5.74) is 3.31. The van der Waals surface area contributed by atoms with Crippen LogP contribution in [0.15, 0.2) is 30.3 Å². The molecular weight excluding hydrogens is 254 g/mol. The Morgan fingerprint density at radius 2 is 2.10 bits per heavy atom. The Balaban J connectivity index is 2.05. The van der Waals surface area contributed by atoms with Crippen molar-refractivity contribution in [1.29, 1.82) is 0 Å². The monoisotopic (exact) mass is 273 g/mol. The highest BCUT2D eigenvalue weighted by Gasteiger charge is 2.11. The maximum Gasteiger partial charge on any atom is 0.269 e. The van der Waals surface area contributed by atoms with Gasteiger partial charge in [-0.05, 0) is 18.9 Å². The van der Waals surface area contributed by atoms with E-state index in [1.165, 1.54) is 5.56 Å². The number of nitrogens with one attached hydrogen (secondary N) is 2. The first-order valence-electron chi connectivity index (χ1n) is 6.61. The molecule has 2 rings (SSSR count). The van der Waals surface area contributed by atoms with Gasteiger partial charge in [0.1, 0.15) is 5.69 Å². The Kier molecular flexibility index (Phi) is 4.53. The number of hydrogen-bond acceptors (Lipinski definition) is 3. The van der Waals surface area contributed by atoms with E-state index in [1.54, 1.807) is 6.07 Å². The van der Waals surface area contributed by atoms with E-state index in [1.807, 2.05) is 38.1 Å². The third-order valence-corrected chi connectivity index (χ3v) is 3.09. The maximum absolute atomic E-state index is 11.9. The molecule has 0 fully saturated rings. The first kappa shape index (κ1) is 14.3. The number of aromatic nitrogens is 2. The number of H-pyrrole nitrogens is 1. The van der Waals surface area contributed by atoms with Gasteiger partial charge in [0.15, 0.2) is 0 Å². The zero-order chi connectivity index (χ0) is 14.5. The highest BCUT2D eigenvalue weighted by atomic mass is 16.3. The predicted molar refractivity (Wildman–Crippen MR) is 77.3 cm³/mol. The van der Waals surface area contributed by atoms with Gasteiger partial charge in [0.25, 0.3) is 5.91 Å². The van der Waals surface area contributed by atoms with Gasteiger partial charge in [-0.3, -0.25) is 9.89 Å². The number of nitrogens with zero attached hydrogens (tertiary/aromatic N) is 1. The molecule has 0 aliphatic carbocycles. The van der Waals surface area contributed by atoms with E-state index in [0.29, 0.717) is 12.2 Å². The van der Waals surface area contributed by atoms with Crippen molar-refractivity contribution < 1.29 is 9.90 Å². The molecule has 0 saturated heterocycles. The minimum Gasteiger partial charge on any atom is -0.396 e. The maximum atomic E-state index is 11.9. The first-order valence-corrected chi connectivity index (χ1v) is 6.61. The normalized spacial score (nSPS) is 12.2. The molecule has 3 N–H and O–H groups in total. The topological polar surface area (TPSA) is 78.0 Å². The summed E-state index contributed by atoms with van der Waals surface area (Å²) in [5.74, 6) is -0.172. The molecule has 106 valence electrons. The lowest BCUT2D eigenvalue weighted by Crippen LogP contribution is -2.29. The molecule has 5 heteroatoms. The fourth-order valence-electron chi connectivity index (χ4n) is 1.74. The molecule has 0 radical (unpaired) electrons. The van der Waals surface area contributed by atoms with E-state index in [0.717, 1.165) is 11.3 Å². The number of aryl methyl sites for hydroxylation is 1. The molecule has 1 aromatic carbocycles. The number of carbonyl (C=O) groups excluding carboxylic acids is 1. The van der Waals surface area contributed by atoms with E-state index in [-0.39, 0.29) is 18.4 Å². The van der Waals surface area contributed by atoms with Crippen molar-refractivity contribution in [3.8, 4) is 11.3 Å². The predicted octanol–water partition coefficient (Wildman–Crippen LogP) is 1.74. The molecule has 1 unspecified atom stereocenters. The van der Waals surface area contributed by atoms with Gasteiger partial charge in [-0.2, -0.15) is 5.10 Å². The number of aliphatic hydroxyl groups is 1. The number of benzene rings is 1. The Bertz CT molecular complexity index is 575. The summed E-state index contributed by atoms with van der Waals surface area (Å²) in [7, 11) is 0. The van der Waals surface area contributed by atoms with Crippen molar-refractivity contribution in [3.05, 3.63) is 41.6 Å². The van der Waals surface area contributed by atoms with Crippen LogP contribution in [0.5, 0.6) is 0 Å². The highest BCUT2D eigenvalue weighted by Crippen LogP contribution is 2.18. The van der Waals surface area contributed by atoms with Crippen LogP contribution in [0.25, 0.3) is 11.3 Å². The van der Waals surface area contributed by atoms with Crippen LogP contribution in [0.1, 0.15) is 23.0 Å². The Morgan fingerprint density at radius 3 is 2.75 bits per heavy atom. The second-order valence-corrected chi connectivity index (χ2v) is 5.03. The molecule has 1 heterocycles. The van der Waals surface area contributed by atoms with E-state index >= 15 is 0 Å². The van der Waals surface area contributed by atoms with Gasteiger partial charge in [0.2, 0.25) is 0 Å². The van der Waals surface area contributed by atoms with Crippen LogP contribution in [-0.2, 0) is 0 Å². The van der Waals surface area contributed by atoms with Gasteiger partial charge in [-0.25, -0.2) is 0 Å². The molecule has 2 aromatic rings. The quantitative estimate of drug-likeness (QED) is 0.776. The SMILES string of the molecule is Cc1ccc(-c2cc(C(=O)NCC(C)CO)[nH]n2)cc1. The Labute approximate surface area is 118 Å². The summed E-state index contributed by atoms with van der Waals surface area (Å²) in [4.78, 5) is 11.9. The standard InChI is InChI=1S/C15H19N3O2/c1-10-3-5-12(6-4-10)13-7-14(18-17-13)15(20)16-8-11(2)9-19/h3-7,11,19H,8-9H2,1-2H3,(H,16,20)(H,17,18). The average Bonchev–Trinajstić information content (AvgIpc) is 2.95.